The number of ether oxygens (including phenoxy) is 1. The van der Waals surface area contributed by atoms with E-state index in [1.165, 1.54) is 40.5 Å². The molecule has 0 radical (unpaired) electrons. The molecule has 2 aromatic carbocycles. The topological polar surface area (TPSA) is 139 Å². The number of nitrogens with zero attached hydrogens (tertiary/aromatic N) is 4. The summed E-state index contributed by atoms with van der Waals surface area (Å²) in [5.74, 6) is -1.59. The van der Waals surface area contributed by atoms with Crippen LogP contribution in [0.5, 0.6) is 0 Å². The van der Waals surface area contributed by atoms with E-state index in [0.717, 1.165) is 11.0 Å². The number of benzene rings is 2. The quantitative estimate of drug-likeness (QED) is 0.227. The molecule has 208 valence electrons. The molecule has 3 rings (SSSR count). The number of non-ortho nitro benzene ring substituents is 1. The second kappa shape index (κ2) is 12.8. The van der Waals surface area contributed by atoms with E-state index >= 15 is 0 Å². The first kappa shape index (κ1) is 29.7. The fourth-order valence-corrected chi connectivity index (χ4v) is 5.19. The molecule has 0 bridgehead atoms. The fourth-order valence-electron chi connectivity index (χ4n) is 4.27. The molecule has 0 spiro atoms. The maximum atomic E-state index is 13.1. The number of aliphatic imine (C=N–C) groups is 1. The van der Waals surface area contributed by atoms with Crippen molar-refractivity contribution in [2.45, 2.75) is 39.3 Å². The van der Waals surface area contributed by atoms with Crippen molar-refractivity contribution in [1.29, 1.82) is 0 Å². The normalized spacial score (nSPS) is 18.1. The Hall–Kier alpha value is -3.90. The van der Waals surface area contributed by atoms with Gasteiger partial charge < -0.3 is 9.64 Å². The van der Waals surface area contributed by atoms with E-state index < -0.39 is 45.0 Å². The van der Waals surface area contributed by atoms with Gasteiger partial charge in [0, 0.05) is 43.4 Å². The summed E-state index contributed by atoms with van der Waals surface area (Å²) < 4.78 is 32.1. The lowest BCUT2D eigenvalue weighted by molar-refractivity contribution is -0.385. The van der Waals surface area contributed by atoms with E-state index in [0.29, 0.717) is 5.56 Å². The highest BCUT2D eigenvalue weighted by Gasteiger charge is 2.43. The van der Waals surface area contributed by atoms with Crippen LogP contribution in [-0.4, -0.2) is 66.5 Å². The summed E-state index contributed by atoms with van der Waals surface area (Å²) in [5.41, 5.74) is 1.17. The lowest BCUT2D eigenvalue weighted by atomic mass is 9.86. The number of rotatable bonds is 11. The third-order valence-corrected chi connectivity index (χ3v) is 7.72. The number of urea groups is 1. The Labute approximate surface area is 228 Å². The van der Waals surface area contributed by atoms with Gasteiger partial charge in [0.05, 0.1) is 17.1 Å². The van der Waals surface area contributed by atoms with Crippen molar-refractivity contribution in [3.8, 4) is 0 Å². The molecule has 1 heterocycles. The van der Waals surface area contributed by atoms with E-state index in [9.17, 15) is 28.1 Å². The van der Waals surface area contributed by atoms with Crippen molar-refractivity contribution in [3.05, 3.63) is 81.2 Å². The molecule has 0 saturated heterocycles. The Morgan fingerprint density at radius 3 is 2.54 bits per heavy atom. The van der Waals surface area contributed by atoms with Crippen LogP contribution >= 0.6 is 0 Å². The molecule has 0 fully saturated rings. The van der Waals surface area contributed by atoms with Crippen molar-refractivity contribution in [3.63, 3.8) is 0 Å². The highest BCUT2D eigenvalue weighted by molar-refractivity contribution is 7.92. The predicted molar refractivity (Wildman–Crippen MR) is 147 cm³/mol. The summed E-state index contributed by atoms with van der Waals surface area (Å²) in [6.45, 7) is 5.07. The third kappa shape index (κ3) is 7.58. The van der Waals surface area contributed by atoms with E-state index in [1.54, 1.807) is 51.1 Å². The van der Waals surface area contributed by atoms with Gasteiger partial charge in [-0.25, -0.2) is 22.5 Å². The van der Waals surface area contributed by atoms with Gasteiger partial charge in [0.25, 0.3) is 5.69 Å². The minimum atomic E-state index is -3.73. The van der Waals surface area contributed by atoms with Gasteiger partial charge >= 0.3 is 12.0 Å². The zero-order valence-corrected chi connectivity index (χ0v) is 23.1. The summed E-state index contributed by atoms with van der Waals surface area (Å²) in [4.78, 5) is 42.4. The van der Waals surface area contributed by atoms with Crippen molar-refractivity contribution < 1.29 is 27.7 Å². The Morgan fingerprint density at radius 2 is 1.90 bits per heavy atom. The number of carbonyl (C=O) groups is 2. The van der Waals surface area contributed by atoms with Crippen LogP contribution < -0.4 is 0 Å². The first-order chi connectivity index (χ1) is 18.4. The Bertz CT molecular complexity index is 1370. The number of hydrogen-bond donors (Lipinski definition) is 0. The van der Waals surface area contributed by atoms with Crippen molar-refractivity contribution in [2.75, 3.05) is 20.1 Å². The van der Waals surface area contributed by atoms with E-state index in [1.807, 2.05) is 6.07 Å². The van der Waals surface area contributed by atoms with Gasteiger partial charge in [-0.1, -0.05) is 42.5 Å². The molecule has 0 aromatic heterocycles. The molecular formula is C27H32N4O7S. The number of hydrogen-bond acceptors (Lipinski definition) is 7. The molecule has 11 nitrogen and oxygen atoms in total. The van der Waals surface area contributed by atoms with Gasteiger partial charge in [0.1, 0.15) is 5.92 Å². The van der Waals surface area contributed by atoms with Crippen LogP contribution in [0.15, 0.2) is 65.0 Å². The van der Waals surface area contributed by atoms with E-state index in [2.05, 4.69) is 4.99 Å². The largest absolute Gasteiger partial charge is 0.462 e. The molecule has 2 unspecified atom stereocenters. The van der Waals surface area contributed by atoms with E-state index in [-0.39, 0.29) is 30.9 Å². The molecule has 12 heteroatoms. The molecule has 1 aliphatic rings. The van der Waals surface area contributed by atoms with Crippen LogP contribution in [0.25, 0.3) is 6.08 Å². The van der Waals surface area contributed by atoms with Crippen molar-refractivity contribution >= 4 is 39.5 Å². The van der Waals surface area contributed by atoms with Gasteiger partial charge in [-0.3, -0.25) is 14.9 Å². The third-order valence-electron chi connectivity index (χ3n) is 6.19. The second-order valence-corrected chi connectivity index (χ2v) is 11.3. The summed E-state index contributed by atoms with van der Waals surface area (Å²) in [6.07, 6.45) is 1.30. The zero-order valence-electron chi connectivity index (χ0n) is 22.3. The second-order valence-electron chi connectivity index (χ2n) is 9.42. The molecule has 2 aromatic rings. The molecule has 0 N–H and O–H groups in total. The summed E-state index contributed by atoms with van der Waals surface area (Å²) >= 11 is 0. The number of nitro benzene ring substituents is 1. The van der Waals surface area contributed by atoms with Gasteiger partial charge in [-0.2, -0.15) is 0 Å². The molecule has 0 saturated carbocycles. The molecule has 1 aliphatic heterocycles. The van der Waals surface area contributed by atoms with Crippen LogP contribution in [-0.2, 0) is 19.6 Å². The van der Waals surface area contributed by atoms with Gasteiger partial charge in [0.15, 0.2) is 0 Å². The number of carbonyl (C=O) groups excluding carboxylic acids is 2. The molecule has 2 amide bonds. The average Bonchev–Trinajstić information content (AvgIpc) is 2.88. The molecule has 0 aliphatic carbocycles. The number of amides is 2. The maximum Gasteiger partial charge on any atom is 0.344 e. The van der Waals surface area contributed by atoms with Crippen LogP contribution in [0, 0.1) is 16.0 Å². The SMILES string of the molecule is CC1=NC(=O)N(CCCN(C)S(=O)(=O)C=Cc2ccccc2)C(c2cccc([N+](=O)[O-])c2)C1C(=O)OC(C)C. The molecule has 39 heavy (non-hydrogen) atoms. The minimum absolute atomic E-state index is 0.0523. The molecular weight excluding hydrogens is 524 g/mol. The van der Waals surface area contributed by atoms with Crippen molar-refractivity contribution in [2.24, 2.45) is 10.9 Å². The Kier molecular flexibility index (Phi) is 9.71. The zero-order chi connectivity index (χ0) is 28.7. The summed E-state index contributed by atoms with van der Waals surface area (Å²) in [6, 6.07) is 13.2. The van der Waals surface area contributed by atoms with Gasteiger partial charge in [-0.05, 0) is 44.4 Å². The first-order valence-electron chi connectivity index (χ1n) is 12.4. The number of esters is 1. The van der Waals surface area contributed by atoms with Gasteiger partial charge in [0.2, 0.25) is 10.0 Å². The average molecular weight is 557 g/mol. The Balaban J connectivity index is 1.85. The molecule has 2 atom stereocenters. The lowest BCUT2D eigenvalue weighted by Gasteiger charge is -2.39. The van der Waals surface area contributed by atoms with Crippen LogP contribution in [0.3, 0.4) is 0 Å². The van der Waals surface area contributed by atoms with Crippen LogP contribution in [0.1, 0.15) is 44.4 Å². The highest BCUT2D eigenvalue weighted by atomic mass is 32.2. The lowest BCUT2D eigenvalue weighted by Crippen LogP contribution is -2.48. The van der Waals surface area contributed by atoms with Crippen molar-refractivity contribution in [1.82, 2.24) is 9.21 Å². The van der Waals surface area contributed by atoms with E-state index in [4.69, 9.17) is 4.74 Å². The number of nitro groups is 1. The highest BCUT2D eigenvalue weighted by Crippen LogP contribution is 2.36. The fraction of sp³-hybridized carbons (Fsp3) is 0.370. The predicted octanol–water partition coefficient (Wildman–Crippen LogP) is 4.42. The van der Waals surface area contributed by atoms with Crippen LogP contribution in [0.4, 0.5) is 10.5 Å². The summed E-state index contributed by atoms with van der Waals surface area (Å²) in [7, 11) is -2.29. The Morgan fingerprint density at radius 1 is 1.21 bits per heavy atom. The maximum absolute atomic E-state index is 13.1. The smallest absolute Gasteiger partial charge is 0.344 e. The van der Waals surface area contributed by atoms with Gasteiger partial charge in [-0.15, -0.1) is 0 Å². The monoisotopic (exact) mass is 556 g/mol. The standard InChI is InChI=1S/C27H32N4O7S/c1-19(2)38-26(32)24-20(3)28-27(33)30(25(24)22-12-8-13-23(18-22)31(34)35)16-9-15-29(4)39(36,37)17-14-21-10-6-5-7-11-21/h5-8,10-14,17-19,24-25H,9,15-16H2,1-4H3. The first-order valence-corrected chi connectivity index (χ1v) is 13.9. The number of sulfonamides is 1. The minimum Gasteiger partial charge on any atom is -0.462 e. The summed E-state index contributed by atoms with van der Waals surface area (Å²) in [5, 5.41) is 12.6. The van der Waals surface area contributed by atoms with Crippen LogP contribution in [0.2, 0.25) is 0 Å².